The molecule has 3 rings (SSSR count). The number of carbonyl (C=O) groups excluding carboxylic acids is 1. The van der Waals surface area contributed by atoms with Crippen molar-refractivity contribution < 1.29 is 14.6 Å². The molecule has 23 heavy (non-hydrogen) atoms. The highest BCUT2D eigenvalue weighted by molar-refractivity contribution is 7.07. The summed E-state index contributed by atoms with van der Waals surface area (Å²) in [6.07, 6.45) is -0.747. The predicted molar refractivity (Wildman–Crippen MR) is 90.2 cm³/mol. The lowest BCUT2D eigenvalue weighted by Gasteiger charge is -2.37. The van der Waals surface area contributed by atoms with Crippen LogP contribution < -0.4 is 0 Å². The second kappa shape index (κ2) is 7.25. The van der Waals surface area contributed by atoms with Crippen LogP contribution in [0.25, 0.3) is 0 Å². The Morgan fingerprint density at radius 1 is 1.35 bits per heavy atom. The van der Waals surface area contributed by atoms with E-state index in [0.717, 1.165) is 11.1 Å². The quantitative estimate of drug-likeness (QED) is 0.936. The second-order valence-corrected chi connectivity index (χ2v) is 6.70. The summed E-state index contributed by atoms with van der Waals surface area (Å²) in [6.45, 7) is 3.09. The van der Waals surface area contributed by atoms with Gasteiger partial charge in [0.05, 0.1) is 25.2 Å². The minimum atomic E-state index is -0.763. The van der Waals surface area contributed by atoms with E-state index in [1.807, 2.05) is 53.6 Å². The number of aliphatic hydroxyl groups excluding tert-OH is 1. The summed E-state index contributed by atoms with van der Waals surface area (Å²) in [5, 5.41) is 14.3. The Morgan fingerprint density at radius 2 is 2.13 bits per heavy atom. The molecule has 1 saturated heterocycles. The number of ether oxygens (including phenoxy) is 1. The van der Waals surface area contributed by atoms with E-state index in [2.05, 4.69) is 5.38 Å². The van der Waals surface area contributed by atoms with Crippen LogP contribution in [0.2, 0.25) is 0 Å². The van der Waals surface area contributed by atoms with Gasteiger partial charge in [-0.1, -0.05) is 30.3 Å². The highest BCUT2D eigenvalue weighted by Crippen LogP contribution is 2.28. The first-order valence-corrected chi connectivity index (χ1v) is 8.76. The molecule has 3 unspecified atom stereocenters. The van der Waals surface area contributed by atoms with Crippen LogP contribution in [0.3, 0.4) is 0 Å². The van der Waals surface area contributed by atoms with Gasteiger partial charge in [-0.2, -0.15) is 11.3 Å². The smallest absolute Gasteiger partial charge is 0.225 e. The van der Waals surface area contributed by atoms with E-state index in [1.165, 1.54) is 0 Å². The van der Waals surface area contributed by atoms with E-state index in [0.29, 0.717) is 13.1 Å². The number of carbonyl (C=O) groups is 1. The molecule has 0 radical (unpaired) electrons. The van der Waals surface area contributed by atoms with Gasteiger partial charge in [-0.15, -0.1) is 0 Å². The zero-order valence-electron chi connectivity index (χ0n) is 13.1. The number of hydrogen-bond donors (Lipinski definition) is 1. The maximum absolute atomic E-state index is 12.6. The molecule has 0 spiro atoms. The molecule has 1 fully saturated rings. The summed E-state index contributed by atoms with van der Waals surface area (Å²) in [5.74, 6) is -0.0308. The van der Waals surface area contributed by atoms with Crippen LogP contribution in [0.4, 0.5) is 0 Å². The van der Waals surface area contributed by atoms with Gasteiger partial charge in [0.15, 0.2) is 0 Å². The summed E-state index contributed by atoms with van der Waals surface area (Å²) < 4.78 is 5.95. The van der Waals surface area contributed by atoms with Crippen molar-refractivity contribution in [2.24, 2.45) is 0 Å². The molecule has 122 valence electrons. The van der Waals surface area contributed by atoms with Gasteiger partial charge in [0.2, 0.25) is 5.91 Å². The first kappa shape index (κ1) is 16.2. The van der Waals surface area contributed by atoms with Gasteiger partial charge in [-0.3, -0.25) is 4.79 Å². The van der Waals surface area contributed by atoms with Crippen LogP contribution in [-0.2, 0) is 9.53 Å². The Morgan fingerprint density at radius 3 is 2.83 bits per heavy atom. The molecule has 0 aliphatic carbocycles. The van der Waals surface area contributed by atoms with Crippen LogP contribution in [0.15, 0.2) is 47.2 Å². The van der Waals surface area contributed by atoms with Gasteiger partial charge in [0.1, 0.15) is 6.10 Å². The maximum atomic E-state index is 12.6. The second-order valence-electron chi connectivity index (χ2n) is 5.92. The highest BCUT2D eigenvalue weighted by Gasteiger charge is 2.30. The molecule has 1 aliphatic rings. The molecular weight excluding hydrogens is 310 g/mol. The van der Waals surface area contributed by atoms with Crippen LogP contribution in [0.5, 0.6) is 0 Å². The lowest BCUT2D eigenvalue weighted by Crippen LogP contribution is -2.46. The molecule has 2 aromatic rings. The van der Waals surface area contributed by atoms with Gasteiger partial charge >= 0.3 is 0 Å². The Balaban J connectivity index is 1.64. The lowest BCUT2D eigenvalue weighted by molar-refractivity contribution is -0.146. The zero-order valence-corrected chi connectivity index (χ0v) is 13.9. The zero-order chi connectivity index (χ0) is 16.2. The third-order valence-corrected chi connectivity index (χ3v) is 4.78. The fraction of sp³-hybridized carbons (Fsp3) is 0.389. The van der Waals surface area contributed by atoms with Crippen LogP contribution in [-0.4, -0.2) is 35.1 Å². The number of thiophene rings is 1. The third kappa shape index (κ3) is 3.99. The highest BCUT2D eigenvalue weighted by atomic mass is 32.1. The standard InChI is InChI=1S/C18H21NO3S/c1-13-10-19(11-17(22-13)15-7-8-23-12-15)18(21)9-16(20)14-5-3-2-4-6-14/h2-8,12-13,16-17,20H,9-11H2,1H3. The van der Waals surface area contributed by atoms with Crippen LogP contribution in [0, 0.1) is 0 Å². The molecule has 5 heteroatoms. The minimum absolute atomic E-state index is 0.00790. The fourth-order valence-corrected chi connectivity index (χ4v) is 3.59. The predicted octanol–water partition coefficient (Wildman–Crippen LogP) is 3.16. The molecule has 1 amide bonds. The molecule has 1 aromatic heterocycles. The number of nitrogens with zero attached hydrogens (tertiary/aromatic N) is 1. The molecule has 0 bridgehead atoms. The molecule has 0 saturated carbocycles. The van der Waals surface area contributed by atoms with Crippen molar-refractivity contribution in [3.8, 4) is 0 Å². The van der Waals surface area contributed by atoms with Crippen molar-refractivity contribution in [1.82, 2.24) is 4.90 Å². The van der Waals surface area contributed by atoms with Crippen LogP contribution >= 0.6 is 11.3 Å². The Bertz CT molecular complexity index is 629. The lowest BCUT2D eigenvalue weighted by atomic mass is 10.0. The van der Waals surface area contributed by atoms with E-state index in [9.17, 15) is 9.90 Å². The van der Waals surface area contributed by atoms with E-state index in [1.54, 1.807) is 11.3 Å². The largest absolute Gasteiger partial charge is 0.388 e. The van der Waals surface area contributed by atoms with Gasteiger partial charge in [-0.05, 0) is 34.9 Å². The number of hydrogen-bond acceptors (Lipinski definition) is 4. The molecule has 1 N–H and O–H groups in total. The normalized spacial score (nSPS) is 22.8. The molecule has 2 heterocycles. The average Bonchev–Trinajstić information content (AvgIpc) is 3.09. The Hall–Kier alpha value is -1.69. The number of amides is 1. The molecule has 1 aliphatic heterocycles. The van der Waals surface area contributed by atoms with Gasteiger partial charge in [0.25, 0.3) is 0 Å². The van der Waals surface area contributed by atoms with Gasteiger partial charge in [-0.25, -0.2) is 0 Å². The van der Waals surface area contributed by atoms with E-state index in [-0.39, 0.29) is 24.5 Å². The number of aliphatic hydroxyl groups is 1. The van der Waals surface area contributed by atoms with Crippen molar-refractivity contribution in [3.05, 3.63) is 58.3 Å². The van der Waals surface area contributed by atoms with Crippen LogP contribution in [0.1, 0.15) is 36.7 Å². The molecule has 1 aromatic carbocycles. The monoisotopic (exact) mass is 331 g/mol. The summed E-state index contributed by atoms with van der Waals surface area (Å²) in [5.41, 5.74) is 1.89. The van der Waals surface area contributed by atoms with E-state index in [4.69, 9.17) is 4.74 Å². The SMILES string of the molecule is CC1CN(C(=O)CC(O)c2ccccc2)CC(c2ccsc2)O1. The average molecular weight is 331 g/mol. The summed E-state index contributed by atoms with van der Waals surface area (Å²) in [7, 11) is 0. The maximum Gasteiger partial charge on any atom is 0.225 e. The Labute approximate surface area is 140 Å². The van der Waals surface area contributed by atoms with Crippen molar-refractivity contribution in [1.29, 1.82) is 0 Å². The summed E-state index contributed by atoms with van der Waals surface area (Å²) in [4.78, 5) is 14.4. The number of morpholine rings is 1. The topological polar surface area (TPSA) is 49.8 Å². The first-order chi connectivity index (χ1) is 11.1. The van der Waals surface area contributed by atoms with Gasteiger partial charge in [0, 0.05) is 6.54 Å². The summed E-state index contributed by atoms with van der Waals surface area (Å²) >= 11 is 1.63. The first-order valence-electron chi connectivity index (χ1n) is 7.82. The molecule has 4 nitrogen and oxygen atoms in total. The molecule has 3 atom stereocenters. The Kier molecular flexibility index (Phi) is 5.10. The van der Waals surface area contributed by atoms with Crippen molar-refractivity contribution in [3.63, 3.8) is 0 Å². The third-order valence-electron chi connectivity index (χ3n) is 4.08. The van der Waals surface area contributed by atoms with Crippen molar-refractivity contribution in [2.45, 2.75) is 31.7 Å². The number of benzene rings is 1. The minimum Gasteiger partial charge on any atom is -0.388 e. The van der Waals surface area contributed by atoms with Crippen molar-refractivity contribution >= 4 is 17.2 Å². The summed E-state index contributed by atoms with van der Waals surface area (Å²) in [6, 6.07) is 11.4. The van der Waals surface area contributed by atoms with Gasteiger partial charge < -0.3 is 14.7 Å². The number of rotatable bonds is 4. The van der Waals surface area contributed by atoms with Crippen molar-refractivity contribution in [2.75, 3.05) is 13.1 Å². The van der Waals surface area contributed by atoms with E-state index < -0.39 is 6.10 Å². The van der Waals surface area contributed by atoms with E-state index >= 15 is 0 Å². The fourth-order valence-electron chi connectivity index (χ4n) is 2.88. The molecular formula is C18H21NO3S.